The molecule has 2 rings (SSSR count). The van der Waals surface area contributed by atoms with Crippen molar-refractivity contribution in [3.63, 3.8) is 0 Å². The number of aryl methyl sites for hydroxylation is 1. The van der Waals surface area contributed by atoms with Gasteiger partial charge in [-0.1, -0.05) is 12.8 Å². The molecule has 18 heavy (non-hydrogen) atoms. The zero-order valence-corrected chi connectivity index (χ0v) is 10.8. The van der Waals surface area contributed by atoms with Gasteiger partial charge in [0.1, 0.15) is 0 Å². The highest BCUT2D eigenvalue weighted by atomic mass is 16.4. The van der Waals surface area contributed by atoms with Crippen molar-refractivity contribution >= 4 is 5.97 Å². The molecule has 0 bridgehead atoms. The van der Waals surface area contributed by atoms with Crippen molar-refractivity contribution < 1.29 is 9.90 Å². The molecule has 1 aromatic rings. The van der Waals surface area contributed by atoms with Gasteiger partial charge in [0.05, 0.1) is 17.0 Å². The first-order valence-electron chi connectivity index (χ1n) is 6.26. The number of hydrogen-bond acceptors (Lipinski definition) is 2. The number of aliphatic carboxylic acids is 1. The fraction of sp³-hybridized carbons (Fsp3) is 0.467. The molecule has 0 heterocycles. The summed E-state index contributed by atoms with van der Waals surface area (Å²) in [5.41, 5.74) is 2.63. The Hall–Kier alpha value is -1.82. The third kappa shape index (κ3) is 1.78. The third-order valence-corrected chi connectivity index (χ3v) is 4.18. The van der Waals surface area contributed by atoms with E-state index in [4.69, 9.17) is 5.26 Å². The van der Waals surface area contributed by atoms with Gasteiger partial charge in [-0.3, -0.25) is 4.79 Å². The highest BCUT2D eigenvalue weighted by Gasteiger charge is 2.44. The highest BCUT2D eigenvalue weighted by molar-refractivity contribution is 5.82. The molecule has 3 heteroatoms. The van der Waals surface area contributed by atoms with Gasteiger partial charge in [-0.25, -0.2) is 0 Å². The van der Waals surface area contributed by atoms with Gasteiger partial charge in [0, 0.05) is 0 Å². The summed E-state index contributed by atoms with van der Waals surface area (Å²) in [5, 5.41) is 18.7. The smallest absolute Gasteiger partial charge is 0.314 e. The molecule has 0 unspecified atom stereocenters. The van der Waals surface area contributed by atoms with Crippen LogP contribution in [-0.2, 0) is 10.2 Å². The van der Waals surface area contributed by atoms with Crippen molar-refractivity contribution in [3.05, 3.63) is 34.4 Å². The van der Waals surface area contributed by atoms with Gasteiger partial charge >= 0.3 is 5.97 Å². The molecule has 1 N–H and O–H groups in total. The average Bonchev–Trinajstić information content (AvgIpc) is 2.82. The summed E-state index contributed by atoms with van der Waals surface area (Å²) in [6, 6.07) is 5.71. The van der Waals surface area contributed by atoms with Gasteiger partial charge in [-0.15, -0.1) is 0 Å². The quantitative estimate of drug-likeness (QED) is 0.868. The van der Waals surface area contributed by atoms with Gasteiger partial charge < -0.3 is 5.11 Å². The number of carboxylic acids is 1. The van der Waals surface area contributed by atoms with Crippen molar-refractivity contribution in [1.29, 1.82) is 5.26 Å². The number of hydrogen-bond donors (Lipinski definition) is 1. The number of nitrogens with zero attached hydrogens (tertiary/aromatic N) is 1. The Labute approximate surface area is 107 Å². The number of nitriles is 1. The fourth-order valence-corrected chi connectivity index (χ4v) is 3.00. The molecule has 3 nitrogen and oxygen atoms in total. The Morgan fingerprint density at radius 2 is 1.94 bits per heavy atom. The third-order valence-electron chi connectivity index (χ3n) is 4.18. The largest absolute Gasteiger partial charge is 0.481 e. The van der Waals surface area contributed by atoms with Crippen molar-refractivity contribution in [2.45, 2.75) is 44.9 Å². The second kappa shape index (κ2) is 4.45. The van der Waals surface area contributed by atoms with E-state index in [1.54, 1.807) is 6.07 Å². The first-order chi connectivity index (χ1) is 8.51. The average molecular weight is 243 g/mol. The Morgan fingerprint density at radius 3 is 2.44 bits per heavy atom. The van der Waals surface area contributed by atoms with Crippen molar-refractivity contribution in [2.75, 3.05) is 0 Å². The summed E-state index contributed by atoms with van der Waals surface area (Å²) >= 11 is 0. The van der Waals surface area contributed by atoms with Crippen LogP contribution >= 0.6 is 0 Å². The molecule has 94 valence electrons. The van der Waals surface area contributed by atoms with Crippen LogP contribution in [0.4, 0.5) is 0 Å². The Kier molecular flexibility index (Phi) is 3.13. The summed E-state index contributed by atoms with van der Waals surface area (Å²) in [4.78, 5) is 11.7. The second-order valence-corrected chi connectivity index (χ2v) is 5.17. The Balaban J connectivity index is 2.66. The maximum atomic E-state index is 11.7. The standard InChI is InChI=1S/C15H17NO2/c1-10-7-12(9-16)8-13(11(10)2)15(14(17)18)5-3-4-6-15/h7-8H,3-6H2,1-2H3,(H,17,18). The first kappa shape index (κ1) is 12.6. The number of carbonyl (C=O) groups is 1. The van der Waals surface area contributed by atoms with Crippen molar-refractivity contribution in [3.8, 4) is 6.07 Å². The van der Waals surface area contributed by atoms with Gasteiger partial charge in [0.15, 0.2) is 0 Å². The Bertz CT molecular complexity index is 534. The van der Waals surface area contributed by atoms with Crippen molar-refractivity contribution in [1.82, 2.24) is 0 Å². The molecule has 0 saturated heterocycles. The van der Waals surface area contributed by atoms with E-state index in [1.165, 1.54) is 0 Å². The summed E-state index contributed by atoms with van der Waals surface area (Å²) < 4.78 is 0. The van der Waals surface area contributed by atoms with Crippen LogP contribution in [0.15, 0.2) is 12.1 Å². The lowest BCUT2D eigenvalue weighted by Gasteiger charge is -2.27. The fourth-order valence-electron chi connectivity index (χ4n) is 3.00. The van der Waals surface area contributed by atoms with Crippen LogP contribution in [-0.4, -0.2) is 11.1 Å². The molecular weight excluding hydrogens is 226 g/mol. The minimum atomic E-state index is -0.776. The van der Waals surface area contributed by atoms with Gasteiger partial charge in [0.2, 0.25) is 0 Å². The van der Waals surface area contributed by atoms with E-state index in [1.807, 2.05) is 19.9 Å². The first-order valence-corrected chi connectivity index (χ1v) is 6.26. The SMILES string of the molecule is Cc1cc(C#N)cc(C2(C(=O)O)CCCC2)c1C. The zero-order valence-electron chi connectivity index (χ0n) is 10.8. The molecule has 1 fully saturated rings. The van der Waals surface area contributed by atoms with Crippen LogP contribution in [0.25, 0.3) is 0 Å². The lowest BCUT2D eigenvalue weighted by atomic mass is 9.75. The predicted molar refractivity (Wildman–Crippen MR) is 68.4 cm³/mol. The topological polar surface area (TPSA) is 61.1 Å². The van der Waals surface area contributed by atoms with Crippen molar-refractivity contribution in [2.24, 2.45) is 0 Å². The predicted octanol–water partition coefficient (Wildman–Crippen LogP) is 3.07. The van der Waals surface area contributed by atoms with E-state index in [2.05, 4.69) is 6.07 Å². The maximum absolute atomic E-state index is 11.7. The second-order valence-electron chi connectivity index (χ2n) is 5.17. The van der Waals surface area contributed by atoms with E-state index in [9.17, 15) is 9.90 Å². The van der Waals surface area contributed by atoms with E-state index in [0.717, 1.165) is 29.5 Å². The molecule has 1 aliphatic carbocycles. The van der Waals surface area contributed by atoms with Gasteiger partial charge in [-0.2, -0.15) is 5.26 Å². The maximum Gasteiger partial charge on any atom is 0.314 e. The highest BCUT2D eigenvalue weighted by Crippen LogP contribution is 2.43. The molecular formula is C15H17NO2. The summed E-state index contributed by atoms with van der Waals surface area (Å²) in [7, 11) is 0. The molecule has 1 saturated carbocycles. The lowest BCUT2D eigenvalue weighted by molar-refractivity contribution is -0.143. The molecule has 0 spiro atoms. The Morgan fingerprint density at radius 1 is 1.33 bits per heavy atom. The number of benzene rings is 1. The normalized spacial score (nSPS) is 17.4. The molecule has 0 aliphatic heterocycles. The molecule has 0 aromatic heterocycles. The van der Waals surface area contributed by atoms with E-state index in [0.29, 0.717) is 18.4 Å². The number of carboxylic acid groups (broad SMARTS) is 1. The van der Waals surface area contributed by atoms with Gasteiger partial charge in [0.25, 0.3) is 0 Å². The lowest BCUT2D eigenvalue weighted by Crippen LogP contribution is -2.33. The van der Waals surface area contributed by atoms with Crippen LogP contribution in [0.2, 0.25) is 0 Å². The molecule has 0 radical (unpaired) electrons. The zero-order chi connectivity index (χ0) is 13.3. The molecule has 1 aromatic carbocycles. The summed E-state index contributed by atoms with van der Waals surface area (Å²) in [6.45, 7) is 3.89. The van der Waals surface area contributed by atoms with Crippen LogP contribution in [0, 0.1) is 25.2 Å². The monoisotopic (exact) mass is 243 g/mol. The van der Waals surface area contributed by atoms with E-state index in [-0.39, 0.29) is 0 Å². The summed E-state index contributed by atoms with van der Waals surface area (Å²) in [5.74, 6) is -0.752. The minimum Gasteiger partial charge on any atom is -0.481 e. The van der Waals surface area contributed by atoms with E-state index >= 15 is 0 Å². The van der Waals surface area contributed by atoms with Gasteiger partial charge in [-0.05, 0) is 55.5 Å². The molecule has 0 amide bonds. The van der Waals surface area contributed by atoms with Crippen LogP contribution in [0.5, 0.6) is 0 Å². The van der Waals surface area contributed by atoms with Crippen LogP contribution in [0.1, 0.15) is 47.9 Å². The minimum absolute atomic E-state index is 0.556. The van der Waals surface area contributed by atoms with E-state index < -0.39 is 11.4 Å². The summed E-state index contributed by atoms with van der Waals surface area (Å²) in [6.07, 6.45) is 3.25. The molecule has 1 aliphatic rings. The van der Waals surface area contributed by atoms with Crippen LogP contribution < -0.4 is 0 Å². The number of rotatable bonds is 2. The van der Waals surface area contributed by atoms with Crippen LogP contribution in [0.3, 0.4) is 0 Å². The molecule has 0 atom stereocenters.